The molecular formula is C11H21N5O. The molecule has 1 aromatic heterocycles. The van der Waals surface area contributed by atoms with Gasteiger partial charge in [0.2, 0.25) is 0 Å². The summed E-state index contributed by atoms with van der Waals surface area (Å²) >= 11 is 0. The Kier molecular flexibility index (Phi) is 5.65. The molecule has 5 N–H and O–H groups in total. The van der Waals surface area contributed by atoms with Crippen LogP contribution in [0.15, 0.2) is 6.07 Å². The van der Waals surface area contributed by atoms with Gasteiger partial charge in [-0.05, 0) is 19.3 Å². The van der Waals surface area contributed by atoms with Crippen LogP contribution >= 0.6 is 0 Å². The molecule has 0 aromatic carbocycles. The molecule has 96 valence electrons. The van der Waals surface area contributed by atoms with Crippen molar-refractivity contribution in [1.29, 1.82) is 0 Å². The summed E-state index contributed by atoms with van der Waals surface area (Å²) in [4.78, 5) is 8.38. The number of rotatable bonds is 7. The van der Waals surface area contributed by atoms with Crippen molar-refractivity contribution in [3.05, 3.63) is 11.9 Å². The second-order valence-electron chi connectivity index (χ2n) is 4.00. The molecule has 0 amide bonds. The number of anilines is 2. The minimum atomic E-state index is 0.221. The maximum atomic E-state index is 8.91. The quantitative estimate of drug-likeness (QED) is 0.417. The second kappa shape index (κ2) is 7.03. The van der Waals surface area contributed by atoms with Gasteiger partial charge in [-0.15, -0.1) is 0 Å². The number of nitrogen functional groups attached to an aromatic ring is 1. The SMILES string of the molecule is CCC(CCO)CNc1cc(NN)nc(C)n1. The van der Waals surface area contributed by atoms with Crippen molar-refractivity contribution in [2.75, 3.05) is 23.9 Å². The van der Waals surface area contributed by atoms with Gasteiger partial charge in [0.25, 0.3) is 0 Å². The van der Waals surface area contributed by atoms with Crippen LogP contribution < -0.4 is 16.6 Å². The van der Waals surface area contributed by atoms with E-state index in [2.05, 4.69) is 27.6 Å². The van der Waals surface area contributed by atoms with Gasteiger partial charge in [0.05, 0.1) is 0 Å². The molecule has 0 saturated carbocycles. The first kappa shape index (κ1) is 13.7. The van der Waals surface area contributed by atoms with Crippen LogP contribution in [0.4, 0.5) is 11.6 Å². The van der Waals surface area contributed by atoms with Gasteiger partial charge in [-0.3, -0.25) is 0 Å². The van der Waals surface area contributed by atoms with Gasteiger partial charge < -0.3 is 15.8 Å². The first-order valence-electron chi connectivity index (χ1n) is 5.86. The Bertz CT molecular complexity index is 345. The van der Waals surface area contributed by atoms with E-state index in [0.29, 0.717) is 17.6 Å². The zero-order valence-electron chi connectivity index (χ0n) is 10.4. The lowest BCUT2D eigenvalue weighted by atomic mass is 10.0. The lowest BCUT2D eigenvalue weighted by Crippen LogP contribution is -2.17. The van der Waals surface area contributed by atoms with Crippen molar-refractivity contribution < 1.29 is 5.11 Å². The van der Waals surface area contributed by atoms with E-state index in [1.807, 2.05) is 6.92 Å². The fourth-order valence-electron chi connectivity index (χ4n) is 1.61. The molecule has 0 saturated heterocycles. The van der Waals surface area contributed by atoms with Gasteiger partial charge in [-0.25, -0.2) is 15.8 Å². The minimum absolute atomic E-state index is 0.221. The van der Waals surface area contributed by atoms with E-state index in [1.54, 1.807) is 6.07 Å². The Morgan fingerprint density at radius 2 is 2.12 bits per heavy atom. The van der Waals surface area contributed by atoms with Crippen molar-refractivity contribution >= 4 is 11.6 Å². The van der Waals surface area contributed by atoms with Crippen LogP contribution in [-0.2, 0) is 0 Å². The van der Waals surface area contributed by atoms with Crippen molar-refractivity contribution in [3.63, 3.8) is 0 Å². The smallest absolute Gasteiger partial charge is 0.145 e. The largest absolute Gasteiger partial charge is 0.396 e. The molecule has 1 aromatic rings. The molecule has 0 aliphatic rings. The molecule has 0 radical (unpaired) electrons. The minimum Gasteiger partial charge on any atom is -0.396 e. The van der Waals surface area contributed by atoms with Crippen LogP contribution in [0.3, 0.4) is 0 Å². The summed E-state index contributed by atoms with van der Waals surface area (Å²) < 4.78 is 0. The van der Waals surface area contributed by atoms with Gasteiger partial charge >= 0.3 is 0 Å². The third kappa shape index (κ3) is 4.54. The number of aromatic nitrogens is 2. The zero-order chi connectivity index (χ0) is 12.7. The number of aliphatic hydroxyl groups excluding tert-OH is 1. The van der Waals surface area contributed by atoms with Crippen LogP contribution in [0.25, 0.3) is 0 Å². The van der Waals surface area contributed by atoms with Crippen LogP contribution in [0.5, 0.6) is 0 Å². The second-order valence-corrected chi connectivity index (χ2v) is 4.00. The number of aliphatic hydroxyl groups is 1. The standard InChI is InChI=1S/C11H21N5O/c1-3-9(4-5-17)7-13-10-6-11(16-12)15-8(2)14-10/h6,9,17H,3-5,7,12H2,1-2H3,(H2,13,14,15,16). The van der Waals surface area contributed by atoms with Crippen LogP contribution in [0.2, 0.25) is 0 Å². The molecule has 6 nitrogen and oxygen atoms in total. The third-order valence-corrected chi connectivity index (χ3v) is 2.67. The number of nitrogens with one attached hydrogen (secondary N) is 2. The number of aryl methyl sites for hydroxylation is 1. The van der Waals surface area contributed by atoms with Crippen molar-refractivity contribution in [3.8, 4) is 0 Å². The van der Waals surface area contributed by atoms with Crippen molar-refractivity contribution in [2.45, 2.75) is 26.7 Å². The van der Waals surface area contributed by atoms with Crippen molar-refractivity contribution in [2.24, 2.45) is 11.8 Å². The van der Waals surface area contributed by atoms with Gasteiger partial charge in [0.1, 0.15) is 17.5 Å². The molecule has 1 atom stereocenters. The number of hydrogen-bond donors (Lipinski definition) is 4. The summed E-state index contributed by atoms with van der Waals surface area (Å²) in [5, 5.41) is 12.1. The molecular weight excluding hydrogens is 218 g/mol. The first-order chi connectivity index (χ1) is 8.19. The highest BCUT2D eigenvalue weighted by molar-refractivity contribution is 5.46. The van der Waals surface area contributed by atoms with E-state index in [-0.39, 0.29) is 6.61 Å². The van der Waals surface area contributed by atoms with Gasteiger partial charge in [-0.2, -0.15) is 0 Å². The highest BCUT2D eigenvalue weighted by Crippen LogP contribution is 2.13. The van der Waals surface area contributed by atoms with Gasteiger partial charge in [-0.1, -0.05) is 13.3 Å². The maximum absolute atomic E-state index is 8.91. The van der Waals surface area contributed by atoms with E-state index in [4.69, 9.17) is 10.9 Å². The van der Waals surface area contributed by atoms with Crippen molar-refractivity contribution in [1.82, 2.24) is 9.97 Å². The number of hydrazine groups is 1. The Hall–Kier alpha value is -1.40. The van der Waals surface area contributed by atoms with E-state index in [0.717, 1.165) is 25.2 Å². The number of nitrogens with two attached hydrogens (primary N) is 1. The predicted octanol–water partition coefficient (Wildman–Crippen LogP) is 0.891. The summed E-state index contributed by atoms with van der Waals surface area (Å²) in [6.07, 6.45) is 1.83. The van der Waals surface area contributed by atoms with Crippen LogP contribution in [-0.4, -0.2) is 28.2 Å². The molecule has 0 aliphatic heterocycles. The third-order valence-electron chi connectivity index (χ3n) is 2.67. The van der Waals surface area contributed by atoms with E-state index >= 15 is 0 Å². The van der Waals surface area contributed by atoms with E-state index in [9.17, 15) is 0 Å². The maximum Gasteiger partial charge on any atom is 0.145 e. The molecule has 0 spiro atoms. The molecule has 1 heterocycles. The topological polar surface area (TPSA) is 96.1 Å². The highest BCUT2D eigenvalue weighted by atomic mass is 16.3. The molecule has 0 aliphatic carbocycles. The summed E-state index contributed by atoms with van der Waals surface area (Å²) in [5.41, 5.74) is 2.50. The normalized spacial score (nSPS) is 12.2. The number of nitrogens with zero attached hydrogens (tertiary/aromatic N) is 2. The number of hydrogen-bond acceptors (Lipinski definition) is 6. The first-order valence-corrected chi connectivity index (χ1v) is 5.86. The lowest BCUT2D eigenvalue weighted by Gasteiger charge is -2.15. The van der Waals surface area contributed by atoms with Gasteiger partial charge in [0, 0.05) is 19.2 Å². The summed E-state index contributed by atoms with van der Waals surface area (Å²) in [7, 11) is 0. The predicted molar refractivity (Wildman–Crippen MR) is 68.6 cm³/mol. The fourth-order valence-corrected chi connectivity index (χ4v) is 1.61. The van der Waals surface area contributed by atoms with E-state index < -0.39 is 0 Å². The van der Waals surface area contributed by atoms with Crippen LogP contribution in [0.1, 0.15) is 25.6 Å². The monoisotopic (exact) mass is 239 g/mol. The average molecular weight is 239 g/mol. The molecule has 1 unspecified atom stereocenters. The summed E-state index contributed by atoms with van der Waals surface area (Å²) in [5.74, 6) is 7.77. The lowest BCUT2D eigenvalue weighted by molar-refractivity contribution is 0.258. The molecule has 17 heavy (non-hydrogen) atoms. The Labute approximate surface area is 102 Å². The highest BCUT2D eigenvalue weighted by Gasteiger charge is 2.06. The van der Waals surface area contributed by atoms with Gasteiger partial charge in [0.15, 0.2) is 0 Å². The molecule has 0 fully saturated rings. The summed E-state index contributed by atoms with van der Waals surface area (Å²) in [6, 6.07) is 1.76. The molecule has 1 rings (SSSR count). The molecule has 6 heteroatoms. The van der Waals surface area contributed by atoms with E-state index in [1.165, 1.54) is 0 Å². The zero-order valence-corrected chi connectivity index (χ0v) is 10.4. The molecule has 0 bridgehead atoms. The summed E-state index contributed by atoms with van der Waals surface area (Å²) in [6.45, 7) is 4.94. The fraction of sp³-hybridized carbons (Fsp3) is 0.636. The Morgan fingerprint density at radius 3 is 2.71 bits per heavy atom. The average Bonchev–Trinajstić information content (AvgIpc) is 2.33. The Balaban J connectivity index is 2.58. The van der Waals surface area contributed by atoms with Crippen LogP contribution in [0, 0.1) is 12.8 Å². The Morgan fingerprint density at radius 1 is 1.41 bits per heavy atom.